The third-order valence-corrected chi connectivity index (χ3v) is 11.1. The van der Waals surface area contributed by atoms with E-state index in [1.165, 1.54) is 29.2 Å². The van der Waals surface area contributed by atoms with Gasteiger partial charge >= 0.3 is 0 Å². The maximum atomic E-state index is 14.2. The molecule has 2 saturated carbocycles. The van der Waals surface area contributed by atoms with E-state index in [0.717, 1.165) is 69.4 Å². The van der Waals surface area contributed by atoms with Gasteiger partial charge < -0.3 is 21.3 Å². The molecule has 1 saturated heterocycles. The number of thioether (sulfide) groups is 1. The van der Waals surface area contributed by atoms with Crippen LogP contribution in [0.4, 0.5) is 4.79 Å². The van der Waals surface area contributed by atoms with Crippen LogP contribution in [0.15, 0.2) is 34.3 Å². The van der Waals surface area contributed by atoms with Crippen molar-refractivity contribution < 1.29 is 27.6 Å². The van der Waals surface area contributed by atoms with Gasteiger partial charge in [0.1, 0.15) is 12.1 Å². The molecule has 1 unspecified atom stereocenters. The van der Waals surface area contributed by atoms with Crippen molar-refractivity contribution >= 4 is 44.6 Å². The highest BCUT2D eigenvalue weighted by molar-refractivity contribution is 8.14. The SMILES string of the molecule is CS(=O)(=O)c1ccc(C(=O)N[C@H](CC2CCCCC2)C(=O)N2CC(N=[N+]=[N-])C[C@H]2C(=O)NC2(SC(N)=O)CCCCC2)cc1. The summed E-state index contributed by atoms with van der Waals surface area (Å²) in [5.41, 5.74) is 14.8. The molecule has 1 aromatic rings. The molecule has 1 aliphatic heterocycles. The maximum absolute atomic E-state index is 14.2. The average Bonchev–Trinajstić information content (AvgIpc) is 3.41. The Morgan fingerprint density at radius 3 is 2.32 bits per heavy atom. The molecular formula is C29H41N7O6S2. The fraction of sp³-hybridized carbons (Fsp3) is 0.655. The molecule has 1 heterocycles. The van der Waals surface area contributed by atoms with Crippen LogP contribution in [0.1, 0.15) is 87.4 Å². The molecule has 4 rings (SSSR count). The number of hydrogen-bond acceptors (Lipinski definition) is 8. The maximum Gasteiger partial charge on any atom is 0.278 e. The molecule has 3 aliphatic rings. The lowest BCUT2D eigenvalue weighted by molar-refractivity contribution is -0.140. The monoisotopic (exact) mass is 647 g/mol. The summed E-state index contributed by atoms with van der Waals surface area (Å²) in [6, 6.07) is 2.93. The molecule has 2 aliphatic carbocycles. The first-order valence-corrected chi connectivity index (χ1v) is 17.9. The second kappa shape index (κ2) is 14.7. The number of benzene rings is 1. The number of carbonyl (C=O) groups is 4. The van der Waals surface area contributed by atoms with Gasteiger partial charge in [-0.2, -0.15) is 0 Å². The van der Waals surface area contributed by atoms with E-state index in [4.69, 9.17) is 11.3 Å². The van der Waals surface area contributed by atoms with Gasteiger partial charge in [-0.25, -0.2) is 8.42 Å². The third kappa shape index (κ3) is 8.66. The Bertz CT molecular complexity index is 1390. The van der Waals surface area contributed by atoms with Crippen molar-refractivity contribution in [3.63, 3.8) is 0 Å². The minimum atomic E-state index is -3.45. The van der Waals surface area contributed by atoms with Crippen LogP contribution in [-0.2, 0) is 19.4 Å². The normalized spacial score (nSPS) is 22.8. The first-order chi connectivity index (χ1) is 20.9. The van der Waals surface area contributed by atoms with Gasteiger partial charge in [-0.3, -0.25) is 19.2 Å². The van der Waals surface area contributed by atoms with Crippen LogP contribution in [0.25, 0.3) is 10.4 Å². The Kier molecular flexibility index (Phi) is 11.2. The van der Waals surface area contributed by atoms with Crippen LogP contribution in [0.2, 0.25) is 0 Å². The number of hydrogen-bond donors (Lipinski definition) is 3. The van der Waals surface area contributed by atoms with Gasteiger partial charge in [0.05, 0.1) is 15.8 Å². The molecule has 3 atom stereocenters. The quantitative estimate of drug-likeness (QED) is 0.147. The Hall–Kier alpha value is -3.29. The van der Waals surface area contributed by atoms with Crippen molar-refractivity contribution in [3.8, 4) is 0 Å². The molecule has 0 aromatic heterocycles. The number of amides is 4. The number of carbonyl (C=O) groups excluding carboxylic acids is 4. The fourth-order valence-electron chi connectivity index (χ4n) is 6.61. The Morgan fingerprint density at radius 1 is 1.09 bits per heavy atom. The van der Waals surface area contributed by atoms with Crippen LogP contribution in [-0.4, -0.2) is 72.1 Å². The van der Waals surface area contributed by atoms with E-state index in [1.807, 2.05) is 0 Å². The summed E-state index contributed by atoms with van der Waals surface area (Å²) in [5.74, 6) is -1.24. The molecule has 0 spiro atoms. The number of nitrogens with one attached hydrogen (secondary N) is 2. The van der Waals surface area contributed by atoms with Crippen molar-refractivity contribution in [3.05, 3.63) is 40.3 Å². The van der Waals surface area contributed by atoms with Gasteiger partial charge in [0, 0.05) is 23.3 Å². The lowest BCUT2D eigenvalue weighted by atomic mass is 9.84. The zero-order valence-corrected chi connectivity index (χ0v) is 26.6. The summed E-state index contributed by atoms with van der Waals surface area (Å²) < 4.78 is 23.7. The van der Waals surface area contributed by atoms with E-state index in [9.17, 15) is 27.6 Å². The number of sulfone groups is 1. The molecule has 13 nitrogen and oxygen atoms in total. The minimum Gasteiger partial charge on any atom is -0.360 e. The lowest BCUT2D eigenvalue weighted by Gasteiger charge is -2.38. The van der Waals surface area contributed by atoms with Crippen LogP contribution in [0.5, 0.6) is 0 Å². The molecule has 4 amide bonds. The highest BCUT2D eigenvalue weighted by Gasteiger charge is 2.45. The van der Waals surface area contributed by atoms with Crippen molar-refractivity contribution in [2.45, 2.75) is 105 Å². The Balaban J connectivity index is 1.58. The van der Waals surface area contributed by atoms with Gasteiger partial charge in [0.15, 0.2) is 9.84 Å². The van der Waals surface area contributed by atoms with Crippen LogP contribution < -0.4 is 16.4 Å². The highest BCUT2D eigenvalue weighted by atomic mass is 32.2. The minimum absolute atomic E-state index is 0.0109. The molecule has 1 aromatic carbocycles. The fourth-order valence-corrected chi connectivity index (χ4v) is 8.27. The smallest absolute Gasteiger partial charge is 0.278 e. The molecule has 0 radical (unpaired) electrons. The summed E-state index contributed by atoms with van der Waals surface area (Å²) in [7, 11) is -3.45. The van der Waals surface area contributed by atoms with Crippen molar-refractivity contribution in [1.82, 2.24) is 15.5 Å². The second-order valence-corrected chi connectivity index (χ2v) is 15.5. The van der Waals surface area contributed by atoms with Gasteiger partial charge in [-0.05, 0) is 73.2 Å². The molecule has 4 N–H and O–H groups in total. The summed E-state index contributed by atoms with van der Waals surface area (Å²) in [6.45, 7) is 0.0109. The van der Waals surface area contributed by atoms with E-state index < -0.39 is 55.8 Å². The van der Waals surface area contributed by atoms with E-state index in [-0.39, 0.29) is 29.3 Å². The second-order valence-electron chi connectivity index (χ2n) is 12.1. The summed E-state index contributed by atoms with van der Waals surface area (Å²) in [4.78, 5) is 56.7. The van der Waals surface area contributed by atoms with Crippen LogP contribution in [0.3, 0.4) is 0 Å². The summed E-state index contributed by atoms with van der Waals surface area (Å²) >= 11 is 0.896. The molecule has 44 heavy (non-hydrogen) atoms. The Labute approximate surface area is 262 Å². The van der Waals surface area contributed by atoms with Crippen molar-refractivity contribution in [1.29, 1.82) is 0 Å². The zero-order chi connectivity index (χ0) is 31.9. The predicted octanol–water partition coefficient (Wildman–Crippen LogP) is 4.03. The van der Waals surface area contributed by atoms with E-state index in [1.54, 1.807) is 0 Å². The summed E-state index contributed by atoms with van der Waals surface area (Å²) in [6.07, 6.45) is 10.3. The molecule has 0 bridgehead atoms. The van der Waals surface area contributed by atoms with Gasteiger partial charge in [0.2, 0.25) is 11.8 Å². The van der Waals surface area contributed by atoms with Gasteiger partial charge in [-0.1, -0.05) is 56.5 Å². The number of primary amides is 1. The summed E-state index contributed by atoms with van der Waals surface area (Å²) in [5, 5.41) is 9.08. The molecule has 240 valence electrons. The molecule has 3 fully saturated rings. The number of nitrogens with zero attached hydrogens (tertiary/aromatic N) is 4. The highest BCUT2D eigenvalue weighted by Crippen LogP contribution is 2.38. The van der Waals surface area contributed by atoms with E-state index >= 15 is 0 Å². The predicted molar refractivity (Wildman–Crippen MR) is 166 cm³/mol. The van der Waals surface area contributed by atoms with Crippen LogP contribution >= 0.6 is 11.8 Å². The Morgan fingerprint density at radius 2 is 1.73 bits per heavy atom. The first-order valence-electron chi connectivity index (χ1n) is 15.2. The van der Waals surface area contributed by atoms with E-state index in [2.05, 4.69) is 20.7 Å². The van der Waals surface area contributed by atoms with Gasteiger partial charge in [-0.15, -0.1) is 0 Å². The largest absolute Gasteiger partial charge is 0.360 e. The number of likely N-dealkylation sites (tertiary alicyclic amines) is 1. The first kappa shape index (κ1) is 33.6. The number of nitrogens with two attached hydrogens (primary N) is 1. The van der Waals surface area contributed by atoms with Crippen molar-refractivity contribution in [2.75, 3.05) is 12.8 Å². The third-order valence-electron chi connectivity index (χ3n) is 8.83. The molecular weight excluding hydrogens is 606 g/mol. The number of rotatable bonds is 10. The zero-order valence-electron chi connectivity index (χ0n) is 24.9. The number of azide groups is 1. The van der Waals surface area contributed by atoms with E-state index in [0.29, 0.717) is 19.3 Å². The lowest BCUT2D eigenvalue weighted by Crippen LogP contribution is -2.57. The average molecular weight is 648 g/mol. The van der Waals surface area contributed by atoms with Crippen molar-refractivity contribution in [2.24, 2.45) is 16.8 Å². The molecule has 15 heteroatoms. The van der Waals surface area contributed by atoms with Gasteiger partial charge in [0.25, 0.3) is 11.1 Å². The topological polar surface area (TPSA) is 204 Å². The van der Waals surface area contributed by atoms with Crippen LogP contribution in [0, 0.1) is 5.92 Å². The standard InChI is InChI=1S/C29H41N7O6S2/c1-44(41,42)22-12-10-20(11-13-22)25(37)32-23(16-19-8-4-2-5-9-19)27(39)36-18-21(34-35-31)17-24(36)26(38)33-29(43-28(30)40)14-6-3-7-15-29/h10-13,19,21,23-24H,2-9,14-18H2,1H3,(H2,30,40)(H,32,37)(H,33,38)/t21?,23-,24+/m1/s1.